The van der Waals surface area contributed by atoms with Gasteiger partial charge in [0.25, 0.3) is 0 Å². The second-order valence-corrected chi connectivity index (χ2v) is 8.94. The van der Waals surface area contributed by atoms with Crippen molar-refractivity contribution < 1.29 is 40.9 Å². The summed E-state index contributed by atoms with van der Waals surface area (Å²) >= 11 is 0. The van der Waals surface area contributed by atoms with Crippen LogP contribution in [0.25, 0.3) is 22.3 Å². The zero-order valence-corrected chi connectivity index (χ0v) is 20.3. The van der Waals surface area contributed by atoms with Crippen molar-refractivity contribution in [2.24, 2.45) is 4.99 Å². The third-order valence-corrected chi connectivity index (χ3v) is 6.13. The normalized spacial score (nSPS) is 17.8. The van der Waals surface area contributed by atoms with Gasteiger partial charge in [-0.15, -0.1) is 0 Å². The fraction of sp³-hybridized carbons (Fsp3) is 0.320. The van der Waals surface area contributed by atoms with Gasteiger partial charge in [0.1, 0.15) is 18.0 Å². The Labute approximate surface area is 216 Å². The topological polar surface area (TPSA) is 97.6 Å². The van der Waals surface area contributed by atoms with E-state index in [0.29, 0.717) is 0 Å². The second-order valence-electron chi connectivity index (χ2n) is 8.94. The van der Waals surface area contributed by atoms with Gasteiger partial charge in [0.15, 0.2) is 34.6 Å². The number of fused-ring (bicyclic) bond motifs is 1. The number of pyridine rings is 1. The monoisotopic (exact) mass is 553 g/mol. The number of alkyl halides is 4. The number of aliphatic hydroxyl groups is 1. The highest BCUT2D eigenvalue weighted by Gasteiger charge is 2.36. The molecule has 1 aliphatic heterocycles. The zero-order chi connectivity index (χ0) is 27.9. The summed E-state index contributed by atoms with van der Waals surface area (Å²) in [5.41, 5.74) is -2.38. The lowest BCUT2D eigenvalue weighted by Crippen LogP contribution is -2.42. The molecule has 14 heteroatoms. The number of hydrogen-bond acceptors (Lipinski definition) is 6. The van der Waals surface area contributed by atoms with E-state index in [0.717, 1.165) is 22.9 Å². The van der Waals surface area contributed by atoms with E-state index in [2.05, 4.69) is 20.1 Å². The van der Waals surface area contributed by atoms with Crippen LogP contribution in [-0.4, -0.2) is 56.2 Å². The van der Waals surface area contributed by atoms with Crippen molar-refractivity contribution in [3.05, 3.63) is 59.6 Å². The van der Waals surface area contributed by atoms with Crippen molar-refractivity contribution in [3.8, 4) is 22.8 Å². The Hall–Kier alpha value is -4.07. The lowest BCUT2D eigenvalue weighted by Gasteiger charge is -2.26. The number of nitrogens with zero attached hydrogens (tertiary/aromatic N) is 4. The van der Waals surface area contributed by atoms with E-state index >= 15 is 8.78 Å². The summed E-state index contributed by atoms with van der Waals surface area (Å²) in [7, 11) is 0. The molecule has 0 radical (unpaired) electrons. The summed E-state index contributed by atoms with van der Waals surface area (Å²) < 4.78 is 96.0. The summed E-state index contributed by atoms with van der Waals surface area (Å²) in [6, 6.07) is 4.22. The molecule has 5 rings (SSSR count). The number of aromatic amines is 1. The number of aliphatic imine (C=N–C) groups is 1. The summed E-state index contributed by atoms with van der Waals surface area (Å²) in [6.45, 7) is 0.198. The number of halogens is 6. The Balaban J connectivity index is 1.47. The number of aromatic nitrogens is 4. The zero-order valence-electron chi connectivity index (χ0n) is 20.3. The van der Waals surface area contributed by atoms with Crippen LogP contribution in [0.2, 0.25) is 0 Å². The van der Waals surface area contributed by atoms with Crippen molar-refractivity contribution in [1.29, 1.82) is 0 Å². The van der Waals surface area contributed by atoms with Crippen LogP contribution in [0.4, 0.5) is 26.3 Å². The maximum absolute atomic E-state index is 15.0. The van der Waals surface area contributed by atoms with Gasteiger partial charge in [-0.2, -0.15) is 18.3 Å². The predicted octanol–water partition coefficient (Wildman–Crippen LogP) is 5.21. The molecular formula is C25H21F6N5O3. The van der Waals surface area contributed by atoms with Gasteiger partial charge in [0, 0.05) is 30.9 Å². The summed E-state index contributed by atoms with van der Waals surface area (Å²) in [4.78, 5) is 10.9. The predicted molar refractivity (Wildman–Crippen MR) is 127 cm³/mol. The second kappa shape index (κ2) is 9.91. The van der Waals surface area contributed by atoms with Gasteiger partial charge in [-0.1, -0.05) is 0 Å². The van der Waals surface area contributed by atoms with Crippen LogP contribution in [0.3, 0.4) is 0 Å². The third-order valence-electron chi connectivity index (χ3n) is 6.13. The largest absolute Gasteiger partial charge is 0.477 e. The molecule has 2 N–H and O–H groups in total. The molecule has 1 atom stereocenters. The van der Waals surface area contributed by atoms with Crippen LogP contribution in [0, 0.1) is 11.6 Å². The van der Waals surface area contributed by atoms with Crippen molar-refractivity contribution in [3.63, 3.8) is 0 Å². The fourth-order valence-electron chi connectivity index (χ4n) is 4.16. The van der Waals surface area contributed by atoms with Crippen molar-refractivity contribution in [2.45, 2.75) is 31.7 Å². The van der Waals surface area contributed by atoms with Gasteiger partial charge >= 0.3 is 6.18 Å². The van der Waals surface area contributed by atoms with Crippen molar-refractivity contribution in [2.75, 3.05) is 19.8 Å². The first kappa shape index (κ1) is 26.5. The quantitative estimate of drug-likeness (QED) is 0.307. The van der Waals surface area contributed by atoms with Gasteiger partial charge in [-0.25, -0.2) is 18.2 Å². The molecule has 39 heavy (non-hydrogen) atoms. The number of H-pyrrole nitrogens is 1. The van der Waals surface area contributed by atoms with Gasteiger partial charge in [-0.3, -0.25) is 9.67 Å². The van der Waals surface area contributed by atoms with Crippen molar-refractivity contribution in [1.82, 2.24) is 19.7 Å². The molecule has 0 spiro atoms. The van der Waals surface area contributed by atoms with Gasteiger partial charge < -0.3 is 19.6 Å². The number of benzene rings is 1. The molecule has 206 valence electrons. The highest BCUT2D eigenvalue weighted by atomic mass is 19.4. The Kier molecular flexibility index (Phi) is 6.74. The minimum absolute atomic E-state index is 0.0533. The first-order valence-electron chi connectivity index (χ1n) is 11.7. The molecule has 0 amide bonds. The Morgan fingerprint density at radius 2 is 1.95 bits per heavy atom. The molecule has 0 saturated carbocycles. The minimum atomic E-state index is -4.67. The number of rotatable bonds is 7. The summed E-state index contributed by atoms with van der Waals surface area (Å²) in [6.07, 6.45) is -2.07. The molecule has 0 fully saturated rings. The Bertz CT molecular complexity index is 1540. The first-order chi connectivity index (χ1) is 18.5. The Morgan fingerprint density at radius 3 is 2.56 bits per heavy atom. The number of aliphatic hydroxyl groups excluding tert-OH is 1. The van der Waals surface area contributed by atoms with Crippen LogP contribution in [-0.2, 0) is 23.9 Å². The smallest absolute Gasteiger partial charge is 0.435 e. The molecule has 0 saturated heterocycles. The lowest BCUT2D eigenvalue weighted by atomic mass is 10.1. The molecule has 0 bridgehead atoms. The van der Waals surface area contributed by atoms with E-state index in [1.807, 2.05) is 0 Å². The fourth-order valence-corrected chi connectivity index (χ4v) is 4.16. The molecule has 8 nitrogen and oxygen atoms in total. The van der Waals surface area contributed by atoms with Gasteiger partial charge in [0.2, 0.25) is 0 Å². The molecule has 4 heterocycles. The molecule has 1 unspecified atom stereocenters. The van der Waals surface area contributed by atoms with E-state index in [4.69, 9.17) is 14.6 Å². The molecular weight excluding hydrogens is 532 g/mol. The third kappa shape index (κ3) is 5.15. The average molecular weight is 553 g/mol. The number of nitrogens with one attached hydrogen (secondary N) is 1. The molecule has 4 aromatic rings. The van der Waals surface area contributed by atoms with Crippen LogP contribution in [0.1, 0.15) is 18.2 Å². The number of ether oxygens (including phenoxy) is 2. The number of aryl methyl sites for hydroxylation is 1. The minimum Gasteiger partial charge on any atom is -0.477 e. The number of hydrogen-bond donors (Lipinski definition) is 2. The van der Waals surface area contributed by atoms with Crippen LogP contribution >= 0.6 is 0 Å². The lowest BCUT2D eigenvalue weighted by molar-refractivity contribution is -0.141. The highest BCUT2D eigenvalue weighted by Crippen LogP contribution is 2.40. The first-order valence-corrected chi connectivity index (χ1v) is 11.7. The molecule has 3 aromatic heterocycles. The van der Waals surface area contributed by atoms with E-state index < -0.39 is 48.1 Å². The SMILES string of the molecule is CCn1nc(C(F)(F)F)cc1-c1c[nH]c2nccc(Oc3c(F)cc(CC4=NCC(F)(CO)CO4)cc3F)c12. The molecule has 1 aromatic carbocycles. The van der Waals surface area contributed by atoms with Crippen LogP contribution in [0.5, 0.6) is 11.5 Å². The maximum Gasteiger partial charge on any atom is 0.435 e. The van der Waals surface area contributed by atoms with E-state index in [9.17, 15) is 17.6 Å². The standard InChI is InChI=1S/C25H21F6N5O3/c1-2-36-17(8-19(35-36)25(29,30)31)14-9-33-23-21(14)18(3-4-32-23)39-22-15(26)5-13(6-16(22)27)7-20-34-10-24(28,11-37)12-38-20/h3-6,8-9,37H,2,7,10-12H2,1H3,(H,32,33). The molecule has 0 aliphatic carbocycles. The van der Waals surface area contributed by atoms with Crippen molar-refractivity contribution >= 4 is 16.9 Å². The van der Waals surface area contributed by atoms with Gasteiger partial charge in [-0.05, 0) is 36.8 Å². The van der Waals surface area contributed by atoms with E-state index in [1.165, 1.54) is 18.5 Å². The van der Waals surface area contributed by atoms with Crippen LogP contribution < -0.4 is 4.74 Å². The molecule has 1 aliphatic rings. The summed E-state index contributed by atoms with van der Waals surface area (Å²) in [5, 5.41) is 12.9. The van der Waals surface area contributed by atoms with Gasteiger partial charge in [0.05, 0.1) is 24.2 Å². The van der Waals surface area contributed by atoms with Crippen LogP contribution in [0.15, 0.2) is 41.7 Å². The highest BCUT2D eigenvalue weighted by molar-refractivity contribution is 5.97. The van der Waals surface area contributed by atoms with E-state index in [1.54, 1.807) is 6.92 Å². The summed E-state index contributed by atoms with van der Waals surface area (Å²) in [5.74, 6) is -2.86. The Morgan fingerprint density at radius 1 is 1.21 bits per heavy atom. The average Bonchev–Trinajstić information content (AvgIpc) is 3.52. The maximum atomic E-state index is 15.0. The van der Waals surface area contributed by atoms with E-state index in [-0.39, 0.29) is 59.0 Å².